The zero-order valence-electron chi connectivity index (χ0n) is 17.9. The summed E-state index contributed by atoms with van der Waals surface area (Å²) in [5.41, 5.74) is 6.24. The minimum atomic E-state index is -0.112. The predicted molar refractivity (Wildman–Crippen MR) is 122 cm³/mol. The van der Waals surface area contributed by atoms with Gasteiger partial charge in [0.05, 0.1) is 27.8 Å². The third kappa shape index (κ3) is 4.40. The largest absolute Gasteiger partial charge is 0.497 e. The Bertz CT molecular complexity index is 1130. The molecule has 0 radical (unpaired) electrons. The first kappa shape index (κ1) is 20.5. The van der Waals surface area contributed by atoms with Gasteiger partial charge in [0.25, 0.3) is 0 Å². The van der Waals surface area contributed by atoms with Crippen molar-refractivity contribution in [3.8, 4) is 17.2 Å². The monoisotopic (exact) mass is 415 g/mol. The molecule has 0 saturated heterocycles. The van der Waals surface area contributed by atoms with Crippen molar-refractivity contribution in [3.63, 3.8) is 0 Å². The molecule has 1 aliphatic rings. The molecular weight excluding hydrogens is 390 g/mol. The summed E-state index contributed by atoms with van der Waals surface area (Å²) in [6.07, 6.45) is 3.30. The van der Waals surface area contributed by atoms with Crippen molar-refractivity contribution in [1.29, 1.82) is 0 Å². The molecule has 0 bridgehead atoms. The van der Waals surface area contributed by atoms with Crippen LogP contribution in [0.5, 0.6) is 17.2 Å². The molecule has 0 saturated carbocycles. The molecule has 4 rings (SSSR count). The number of fused-ring (bicyclic) bond motifs is 1. The summed E-state index contributed by atoms with van der Waals surface area (Å²) in [5, 5.41) is 3.02. The van der Waals surface area contributed by atoms with Crippen molar-refractivity contribution in [2.45, 2.75) is 12.8 Å². The number of ether oxygens (including phenoxy) is 3. The van der Waals surface area contributed by atoms with Crippen molar-refractivity contribution in [1.82, 2.24) is 0 Å². The molecule has 1 amide bonds. The summed E-state index contributed by atoms with van der Waals surface area (Å²) < 4.78 is 15.9. The van der Waals surface area contributed by atoms with Crippen LogP contribution in [0.25, 0.3) is 5.57 Å². The van der Waals surface area contributed by atoms with Crippen molar-refractivity contribution in [3.05, 3.63) is 89.0 Å². The van der Waals surface area contributed by atoms with E-state index in [1.54, 1.807) is 21.3 Å². The predicted octanol–water partition coefficient (Wildman–Crippen LogP) is 4.88. The Hall–Kier alpha value is -3.73. The normalized spacial score (nSPS) is 12.0. The van der Waals surface area contributed by atoms with Gasteiger partial charge in [-0.05, 0) is 71.1 Å². The topological polar surface area (TPSA) is 56.8 Å². The van der Waals surface area contributed by atoms with Gasteiger partial charge in [-0.25, -0.2) is 0 Å². The van der Waals surface area contributed by atoms with E-state index in [0.717, 1.165) is 34.5 Å². The number of carbonyl (C=O) groups excluding carboxylic acids is 1. The van der Waals surface area contributed by atoms with Crippen LogP contribution in [-0.4, -0.2) is 27.2 Å². The number of methoxy groups -OCH3 is 3. The fraction of sp³-hybridized carbons (Fsp3) is 0.192. The highest BCUT2D eigenvalue weighted by Gasteiger charge is 2.17. The van der Waals surface area contributed by atoms with Gasteiger partial charge in [0.2, 0.25) is 5.91 Å². The molecule has 5 heteroatoms. The Kier molecular flexibility index (Phi) is 5.94. The van der Waals surface area contributed by atoms with E-state index in [-0.39, 0.29) is 12.3 Å². The van der Waals surface area contributed by atoms with Crippen LogP contribution in [0, 0.1) is 0 Å². The zero-order valence-corrected chi connectivity index (χ0v) is 17.9. The molecule has 0 aliphatic heterocycles. The summed E-state index contributed by atoms with van der Waals surface area (Å²) >= 11 is 0. The minimum Gasteiger partial charge on any atom is -0.497 e. The smallest absolute Gasteiger partial charge is 0.228 e. The SMILES string of the molecule is COc1ccc(C2=CCc3ccc(NC(=O)Cc4cc(OC)ccc4OC)cc32)cc1. The van der Waals surface area contributed by atoms with Crippen LogP contribution >= 0.6 is 0 Å². The maximum atomic E-state index is 12.7. The number of hydrogen-bond donors (Lipinski definition) is 1. The van der Waals surface area contributed by atoms with Gasteiger partial charge in [0.15, 0.2) is 0 Å². The summed E-state index contributed by atoms with van der Waals surface area (Å²) in [7, 11) is 4.86. The molecule has 158 valence electrons. The van der Waals surface area contributed by atoms with Crippen LogP contribution in [0.1, 0.15) is 22.3 Å². The van der Waals surface area contributed by atoms with E-state index in [9.17, 15) is 4.79 Å². The quantitative estimate of drug-likeness (QED) is 0.597. The van der Waals surface area contributed by atoms with Crippen molar-refractivity contribution < 1.29 is 19.0 Å². The molecule has 3 aromatic carbocycles. The molecule has 0 fully saturated rings. The van der Waals surface area contributed by atoms with Crippen LogP contribution in [0.3, 0.4) is 0 Å². The van der Waals surface area contributed by atoms with Gasteiger partial charge in [-0.2, -0.15) is 0 Å². The van der Waals surface area contributed by atoms with Crippen molar-refractivity contribution in [2.24, 2.45) is 0 Å². The lowest BCUT2D eigenvalue weighted by atomic mass is 9.98. The standard InChI is InChI=1S/C26H25NO4/c1-29-21-9-5-17(6-10-21)23-12-7-18-4-8-20(16-24(18)23)27-26(28)15-19-14-22(30-2)11-13-25(19)31-3/h4-6,8-14,16H,7,15H2,1-3H3,(H,27,28). The van der Waals surface area contributed by atoms with Gasteiger partial charge >= 0.3 is 0 Å². The molecule has 0 atom stereocenters. The molecule has 0 spiro atoms. The second-order valence-electron chi connectivity index (χ2n) is 7.33. The lowest BCUT2D eigenvalue weighted by Gasteiger charge is -2.13. The summed E-state index contributed by atoms with van der Waals surface area (Å²) in [6, 6.07) is 19.5. The lowest BCUT2D eigenvalue weighted by Crippen LogP contribution is -2.15. The van der Waals surface area contributed by atoms with E-state index in [4.69, 9.17) is 14.2 Å². The zero-order chi connectivity index (χ0) is 21.8. The summed E-state index contributed by atoms with van der Waals surface area (Å²) in [4.78, 5) is 12.7. The third-order valence-electron chi connectivity index (χ3n) is 5.45. The van der Waals surface area contributed by atoms with Crippen LogP contribution in [0.2, 0.25) is 0 Å². The van der Waals surface area contributed by atoms with Gasteiger partial charge in [0, 0.05) is 11.3 Å². The van der Waals surface area contributed by atoms with Gasteiger partial charge in [0.1, 0.15) is 17.2 Å². The molecule has 31 heavy (non-hydrogen) atoms. The number of anilines is 1. The number of hydrogen-bond acceptors (Lipinski definition) is 4. The van der Waals surface area contributed by atoms with Gasteiger partial charge in [-0.3, -0.25) is 4.79 Å². The van der Waals surface area contributed by atoms with Crippen LogP contribution < -0.4 is 19.5 Å². The Balaban J connectivity index is 1.52. The van der Waals surface area contributed by atoms with Gasteiger partial charge in [-0.1, -0.05) is 24.3 Å². The second kappa shape index (κ2) is 8.96. The summed E-state index contributed by atoms with van der Waals surface area (Å²) in [6.45, 7) is 0. The fourth-order valence-corrected chi connectivity index (χ4v) is 3.85. The number of carbonyl (C=O) groups is 1. The van der Waals surface area contributed by atoms with Crippen LogP contribution in [-0.2, 0) is 17.6 Å². The molecule has 0 aromatic heterocycles. The Labute approximate surface area is 182 Å². The first-order valence-corrected chi connectivity index (χ1v) is 10.1. The molecule has 5 nitrogen and oxygen atoms in total. The number of allylic oxidation sites excluding steroid dienone is 1. The fourth-order valence-electron chi connectivity index (χ4n) is 3.85. The molecule has 3 aromatic rings. The highest BCUT2D eigenvalue weighted by molar-refractivity contribution is 5.94. The molecule has 0 heterocycles. The van der Waals surface area contributed by atoms with E-state index in [2.05, 4.69) is 29.6 Å². The number of nitrogens with one attached hydrogen (secondary N) is 1. The Morgan fingerprint density at radius 3 is 2.32 bits per heavy atom. The van der Waals surface area contributed by atoms with E-state index in [1.165, 1.54) is 11.1 Å². The number of amides is 1. The van der Waals surface area contributed by atoms with Crippen LogP contribution in [0.4, 0.5) is 5.69 Å². The lowest BCUT2D eigenvalue weighted by molar-refractivity contribution is -0.115. The molecule has 1 aliphatic carbocycles. The highest BCUT2D eigenvalue weighted by atomic mass is 16.5. The average Bonchev–Trinajstić information content (AvgIpc) is 3.22. The Morgan fingerprint density at radius 2 is 1.61 bits per heavy atom. The Morgan fingerprint density at radius 1 is 0.871 bits per heavy atom. The van der Waals surface area contributed by atoms with E-state index in [0.29, 0.717) is 11.5 Å². The minimum absolute atomic E-state index is 0.112. The van der Waals surface area contributed by atoms with Crippen LogP contribution in [0.15, 0.2) is 66.7 Å². The van der Waals surface area contributed by atoms with E-state index in [1.807, 2.05) is 42.5 Å². The maximum absolute atomic E-state index is 12.7. The third-order valence-corrected chi connectivity index (χ3v) is 5.45. The van der Waals surface area contributed by atoms with Crippen molar-refractivity contribution >= 4 is 17.2 Å². The molecule has 0 unspecified atom stereocenters. The first-order chi connectivity index (χ1) is 15.1. The first-order valence-electron chi connectivity index (χ1n) is 10.1. The number of benzene rings is 3. The molecule has 1 N–H and O–H groups in total. The van der Waals surface area contributed by atoms with Gasteiger partial charge < -0.3 is 19.5 Å². The summed E-state index contributed by atoms with van der Waals surface area (Å²) in [5.74, 6) is 2.07. The van der Waals surface area contributed by atoms with Crippen molar-refractivity contribution in [2.75, 3.05) is 26.6 Å². The number of rotatable bonds is 7. The highest BCUT2D eigenvalue weighted by Crippen LogP contribution is 2.35. The second-order valence-corrected chi connectivity index (χ2v) is 7.33. The average molecular weight is 415 g/mol. The maximum Gasteiger partial charge on any atom is 0.228 e. The van der Waals surface area contributed by atoms with E-state index >= 15 is 0 Å². The van der Waals surface area contributed by atoms with Gasteiger partial charge in [-0.15, -0.1) is 0 Å². The van der Waals surface area contributed by atoms with E-state index < -0.39 is 0 Å². The molecular formula is C26H25NO4.